The van der Waals surface area contributed by atoms with Crippen LogP contribution in [0.2, 0.25) is 5.02 Å². The number of carbonyl (C=O) groups excluding carboxylic acids is 1. The van der Waals surface area contributed by atoms with Crippen molar-refractivity contribution >= 4 is 17.5 Å². The van der Waals surface area contributed by atoms with Crippen LogP contribution < -0.4 is 10.6 Å². The molecule has 1 spiro atoms. The zero-order valence-electron chi connectivity index (χ0n) is 12.8. The lowest BCUT2D eigenvalue weighted by Crippen LogP contribution is -2.61. The van der Waals surface area contributed by atoms with Gasteiger partial charge in [-0.1, -0.05) is 23.7 Å². The van der Waals surface area contributed by atoms with Gasteiger partial charge in [0.1, 0.15) is 0 Å². The maximum Gasteiger partial charge on any atom is 0.217 e. The molecule has 2 N–H and O–H groups in total. The number of rotatable bonds is 2. The first-order valence-corrected chi connectivity index (χ1v) is 8.09. The minimum Gasteiger partial charge on any atom is -0.347 e. The Labute approximate surface area is 131 Å². The van der Waals surface area contributed by atoms with Gasteiger partial charge in [0.05, 0.1) is 5.54 Å². The molecular weight excluding hydrogens is 284 g/mol. The highest BCUT2D eigenvalue weighted by Gasteiger charge is 2.56. The van der Waals surface area contributed by atoms with Gasteiger partial charge in [0.25, 0.3) is 0 Å². The van der Waals surface area contributed by atoms with E-state index in [-0.39, 0.29) is 11.4 Å². The molecular formula is C17H23ClN2O. The van der Waals surface area contributed by atoms with Crippen LogP contribution in [0.3, 0.4) is 0 Å². The van der Waals surface area contributed by atoms with Gasteiger partial charge in [-0.05, 0) is 68.3 Å². The van der Waals surface area contributed by atoms with Crippen molar-refractivity contribution in [2.75, 3.05) is 13.1 Å². The second kappa shape index (κ2) is 5.29. The first-order valence-electron chi connectivity index (χ1n) is 7.72. The van der Waals surface area contributed by atoms with E-state index < -0.39 is 0 Å². The summed E-state index contributed by atoms with van der Waals surface area (Å²) in [6, 6.07) is 6.02. The molecule has 1 heterocycles. The number of hydrogen-bond acceptors (Lipinski definition) is 2. The molecule has 2 fully saturated rings. The first kappa shape index (κ1) is 14.9. The Morgan fingerprint density at radius 2 is 1.95 bits per heavy atom. The number of carbonyl (C=O) groups is 1. The maximum atomic E-state index is 11.7. The van der Waals surface area contributed by atoms with Gasteiger partial charge in [-0.3, -0.25) is 4.79 Å². The average Bonchev–Trinajstić information content (AvgIpc) is 2.40. The van der Waals surface area contributed by atoms with E-state index in [0.29, 0.717) is 5.41 Å². The van der Waals surface area contributed by atoms with Crippen LogP contribution in [0.1, 0.15) is 43.7 Å². The topological polar surface area (TPSA) is 41.1 Å². The second-order valence-corrected chi connectivity index (χ2v) is 7.19. The lowest BCUT2D eigenvalue weighted by Gasteiger charge is -2.59. The zero-order chi connectivity index (χ0) is 15.1. The largest absolute Gasteiger partial charge is 0.347 e. The van der Waals surface area contributed by atoms with E-state index in [1.807, 2.05) is 12.1 Å². The minimum atomic E-state index is -0.224. The summed E-state index contributed by atoms with van der Waals surface area (Å²) in [4.78, 5) is 11.7. The minimum absolute atomic E-state index is 0.0400. The molecule has 21 heavy (non-hydrogen) atoms. The second-order valence-electron chi connectivity index (χ2n) is 6.78. The Morgan fingerprint density at radius 1 is 1.29 bits per heavy atom. The standard InChI is InChI=1S/C17H23ClN2O/c1-12-14(4-3-5-15(12)18)17(20-13(2)21)10-16(11-17)6-8-19-9-7-16/h3-5,19H,6-11H2,1-2H3,(H,20,21). The van der Waals surface area contributed by atoms with Gasteiger partial charge < -0.3 is 10.6 Å². The predicted molar refractivity (Wildman–Crippen MR) is 85.5 cm³/mol. The molecule has 3 nitrogen and oxygen atoms in total. The third kappa shape index (κ3) is 2.58. The number of nitrogens with one attached hydrogen (secondary N) is 2. The molecule has 2 aliphatic rings. The van der Waals surface area contributed by atoms with Crippen LogP contribution in [0.5, 0.6) is 0 Å². The summed E-state index contributed by atoms with van der Waals surface area (Å²) < 4.78 is 0. The monoisotopic (exact) mass is 306 g/mol. The van der Waals surface area contributed by atoms with E-state index in [1.54, 1.807) is 6.92 Å². The van der Waals surface area contributed by atoms with Crippen LogP contribution in [0.15, 0.2) is 18.2 Å². The summed E-state index contributed by atoms with van der Waals surface area (Å²) in [5.41, 5.74) is 2.45. The third-order valence-electron chi connectivity index (χ3n) is 5.22. The third-order valence-corrected chi connectivity index (χ3v) is 5.63. The molecule has 3 rings (SSSR count). The summed E-state index contributed by atoms with van der Waals surface area (Å²) in [7, 11) is 0. The van der Waals surface area contributed by atoms with Gasteiger partial charge in [-0.25, -0.2) is 0 Å². The number of amides is 1. The molecule has 0 unspecified atom stereocenters. The van der Waals surface area contributed by atoms with Gasteiger partial charge >= 0.3 is 0 Å². The molecule has 114 valence electrons. The number of halogens is 1. The lowest BCUT2D eigenvalue weighted by atomic mass is 9.51. The van der Waals surface area contributed by atoms with Crippen molar-refractivity contribution in [3.63, 3.8) is 0 Å². The van der Waals surface area contributed by atoms with Crippen molar-refractivity contribution in [2.24, 2.45) is 5.41 Å². The van der Waals surface area contributed by atoms with Gasteiger partial charge in [-0.15, -0.1) is 0 Å². The Balaban J connectivity index is 1.93. The molecule has 1 amide bonds. The fourth-order valence-corrected chi connectivity index (χ4v) is 4.52. The van der Waals surface area contributed by atoms with Crippen molar-refractivity contribution in [1.29, 1.82) is 0 Å². The summed E-state index contributed by atoms with van der Waals surface area (Å²) in [5, 5.41) is 7.44. The molecule has 0 atom stereocenters. The van der Waals surface area contributed by atoms with Crippen molar-refractivity contribution in [1.82, 2.24) is 10.6 Å². The highest BCUT2D eigenvalue weighted by Crippen LogP contribution is 2.59. The Hall–Kier alpha value is -1.06. The predicted octanol–water partition coefficient (Wildman–Crippen LogP) is 3.14. The summed E-state index contributed by atoms with van der Waals surface area (Å²) in [6.45, 7) is 5.83. The van der Waals surface area contributed by atoms with Crippen molar-refractivity contribution in [2.45, 2.75) is 45.1 Å². The molecule has 0 aromatic heterocycles. The fourth-order valence-electron chi connectivity index (χ4n) is 4.35. The Kier molecular flexibility index (Phi) is 3.74. The zero-order valence-corrected chi connectivity index (χ0v) is 13.5. The molecule has 0 radical (unpaired) electrons. The smallest absolute Gasteiger partial charge is 0.217 e. The molecule has 1 aromatic carbocycles. The summed E-state index contributed by atoms with van der Waals surface area (Å²) in [6.07, 6.45) is 4.47. The quantitative estimate of drug-likeness (QED) is 0.881. The first-order chi connectivity index (χ1) is 9.96. The molecule has 1 saturated carbocycles. The molecule has 1 aliphatic carbocycles. The molecule has 4 heteroatoms. The van der Waals surface area contributed by atoms with Crippen molar-refractivity contribution in [3.8, 4) is 0 Å². The molecule has 1 aromatic rings. The van der Waals surface area contributed by atoms with Crippen LogP contribution in [0.4, 0.5) is 0 Å². The Bertz CT molecular complexity index is 556. The normalized spacial score (nSPS) is 22.6. The SMILES string of the molecule is CC(=O)NC1(c2cccc(Cl)c2C)CC2(CCNCC2)C1. The fraction of sp³-hybridized carbons (Fsp3) is 0.588. The van der Waals surface area contributed by atoms with Crippen LogP contribution in [0.25, 0.3) is 0 Å². The summed E-state index contributed by atoms with van der Waals surface area (Å²) >= 11 is 6.29. The van der Waals surface area contributed by atoms with E-state index >= 15 is 0 Å². The van der Waals surface area contributed by atoms with Crippen LogP contribution >= 0.6 is 11.6 Å². The van der Waals surface area contributed by atoms with E-state index in [9.17, 15) is 4.79 Å². The molecule has 1 saturated heterocycles. The molecule has 0 bridgehead atoms. The van der Waals surface area contributed by atoms with Gasteiger partial charge in [0, 0.05) is 11.9 Å². The Morgan fingerprint density at radius 3 is 2.57 bits per heavy atom. The van der Waals surface area contributed by atoms with Crippen molar-refractivity contribution in [3.05, 3.63) is 34.3 Å². The van der Waals surface area contributed by atoms with Crippen LogP contribution in [0, 0.1) is 12.3 Å². The van der Waals surface area contributed by atoms with Gasteiger partial charge in [0.15, 0.2) is 0 Å². The van der Waals surface area contributed by atoms with Crippen LogP contribution in [-0.2, 0) is 10.3 Å². The maximum absolute atomic E-state index is 11.7. The van der Waals surface area contributed by atoms with Crippen molar-refractivity contribution < 1.29 is 4.79 Å². The number of piperidine rings is 1. The van der Waals surface area contributed by atoms with Gasteiger partial charge in [0.2, 0.25) is 5.91 Å². The highest BCUT2D eigenvalue weighted by atomic mass is 35.5. The van der Waals surface area contributed by atoms with Crippen LogP contribution in [-0.4, -0.2) is 19.0 Å². The van der Waals surface area contributed by atoms with E-state index in [4.69, 9.17) is 11.6 Å². The van der Waals surface area contributed by atoms with E-state index in [0.717, 1.165) is 36.5 Å². The van der Waals surface area contributed by atoms with Gasteiger partial charge in [-0.2, -0.15) is 0 Å². The number of hydrogen-bond donors (Lipinski definition) is 2. The van der Waals surface area contributed by atoms with E-state index in [1.165, 1.54) is 18.4 Å². The highest BCUT2D eigenvalue weighted by molar-refractivity contribution is 6.31. The lowest BCUT2D eigenvalue weighted by molar-refractivity contribution is -0.126. The average molecular weight is 307 g/mol. The molecule has 1 aliphatic heterocycles. The van der Waals surface area contributed by atoms with E-state index in [2.05, 4.69) is 23.6 Å². The summed E-state index contributed by atoms with van der Waals surface area (Å²) in [5.74, 6) is 0.0400. The number of benzene rings is 1.